The van der Waals surface area contributed by atoms with Crippen molar-refractivity contribution in [3.8, 4) is 17.6 Å². The van der Waals surface area contributed by atoms with Crippen LogP contribution in [0, 0.1) is 11.8 Å². The number of benzene rings is 3. The van der Waals surface area contributed by atoms with Gasteiger partial charge in [-0.05, 0) is 53.9 Å². The van der Waals surface area contributed by atoms with Crippen molar-refractivity contribution in [3.63, 3.8) is 0 Å². The van der Waals surface area contributed by atoms with E-state index < -0.39 is 12.1 Å². The molecule has 0 fully saturated rings. The summed E-state index contributed by atoms with van der Waals surface area (Å²) in [5.74, 6) is 6.20. The van der Waals surface area contributed by atoms with Gasteiger partial charge in [0.2, 0.25) is 0 Å². The Kier molecular flexibility index (Phi) is 9.38. The van der Waals surface area contributed by atoms with Crippen LogP contribution in [0.2, 0.25) is 0 Å². The second kappa shape index (κ2) is 12.9. The van der Waals surface area contributed by atoms with Crippen LogP contribution >= 0.6 is 0 Å². The van der Waals surface area contributed by atoms with Crippen LogP contribution < -0.4 is 10.1 Å². The zero-order valence-electron chi connectivity index (χ0n) is 18.8. The Morgan fingerprint density at radius 1 is 0.970 bits per heavy atom. The minimum atomic E-state index is -0.959. The number of unbranched alkanes of at least 4 members (excludes halogenated alkanes) is 1. The van der Waals surface area contributed by atoms with Gasteiger partial charge in [-0.1, -0.05) is 54.3 Å². The Balaban J connectivity index is 1.35. The summed E-state index contributed by atoms with van der Waals surface area (Å²) in [6.45, 7) is 1.39. The summed E-state index contributed by atoms with van der Waals surface area (Å²) in [5, 5.41) is 12.5. The van der Waals surface area contributed by atoms with Crippen molar-refractivity contribution in [2.75, 3.05) is 19.0 Å². The standard InChI is InChI=1S/C28H29NO4/c1-32-27(28(30)31)20-23-13-11-22(12-14-23)8-4-3-7-19-33-26-17-15-24(16-18-26)21-29-25-9-5-2-6-10-25/h2,5-6,9-18,27,29H,3,7,19-21H2,1H3,(H,30,31)/t27-/m0/s1. The lowest BCUT2D eigenvalue weighted by Crippen LogP contribution is -2.24. The van der Waals surface area contributed by atoms with Crippen molar-refractivity contribution in [1.82, 2.24) is 0 Å². The van der Waals surface area contributed by atoms with E-state index in [9.17, 15) is 4.79 Å². The molecule has 0 unspecified atom stereocenters. The monoisotopic (exact) mass is 443 g/mol. The highest BCUT2D eigenvalue weighted by atomic mass is 16.5. The topological polar surface area (TPSA) is 67.8 Å². The van der Waals surface area contributed by atoms with Crippen LogP contribution in [0.3, 0.4) is 0 Å². The summed E-state index contributed by atoms with van der Waals surface area (Å²) in [4.78, 5) is 11.1. The van der Waals surface area contributed by atoms with Gasteiger partial charge in [-0.3, -0.25) is 0 Å². The summed E-state index contributed by atoms with van der Waals surface area (Å²) in [7, 11) is 1.40. The maximum Gasteiger partial charge on any atom is 0.333 e. The van der Waals surface area contributed by atoms with Gasteiger partial charge in [-0.25, -0.2) is 4.79 Å². The lowest BCUT2D eigenvalue weighted by Gasteiger charge is -2.10. The third-order valence-electron chi connectivity index (χ3n) is 5.08. The van der Waals surface area contributed by atoms with Gasteiger partial charge in [0.1, 0.15) is 5.75 Å². The summed E-state index contributed by atoms with van der Waals surface area (Å²) in [6, 6.07) is 25.9. The Morgan fingerprint density at radius 3 is 2.33 bits per heavy atom. The highest BCUT2D eigenvalue weighted by molar-refractivity contribution is 5.72. The predicted octanol–water partition coefficient (Wildman–Crippen LogP) is 5.15. The van der Waals surface area contributed by atoms with Crippen molar-refractivity contribution in [2.24, 2.45) is 0 Å². The number of methoxy groups -OCH3 is 1. The molecular weight excluding hydrogens is 414 g/mol. The molecule has 0 spiro atoms. The van der Waals surface area contributed by atoms with E-state index in [4.69, 9.17) is 14.6 Å². The molecule has 3 aromatic rings. The van der Waals surface area contributed by atoms with Crippen molar-refractivity contribution in [3.05, 3.63) is 95.6 Å². The molecule has 0 amide bonds. The van der Waals surface area contributed by atoms with E-state index in [1.54, 1.807) is 0 Å². The fourth-order valence-electron chi connectivity index (χ4n) is 3.19. The minimum absolute atomic E-state index is 0.335. The lowest BCUT2D eigenvalue weighted by atomic mass is 10.1. The Morgan fingerprint density at radius 2 is 1.67 bits per heavy atom. The molecule has 1 atom stereocenters. The molecule has 0 radical (unpaired) electrons. The number of anilines is 1. The summed E-state index contributed by atoms with van der Waals surface area (Å²) in [6.07, 6.45) is 1.09. The number of carboxylic acids is 1. The molecule has 0 aliphatic rings. The first-order valence-corrected chi connectivity index (χ1v) is 11.0. The second-order valence-corrected chi connectivity index (χ2v) is 7.58. The third-order valence-corrected chi connectivity index (χ3v) is 5.08. The van der Waals surface area contributed by atoms with Crippen molar-refractivity contribution >= 4 is 11.7 Å². The summed E-state index contributed by atoms with van der Waals surface area (Å²) < 4.78 is 10.8. The molecule has 3 rings (SSSR count). The highest BCUT2D eigenvalue weighted by Crippen LogP contribution is 2.14. The van der Waals surface area contributed by atoms with E-state index in [-0.39, 0.29) is 0 Å². The molecule has 3 aromatic carbocycles. The Labute approximate surface area is 195 Å². The molecule has 0 saturated heterocycles. The van der Waals surface area contributed by atoms with Gasteiger partial charge in [0.25, 0.3) is 0 Å². The van der Waals surface area contributed by atoms with Crippen molar-refractivity contribution < 1.29 is 19.4 Å². The van der Waals surface area contributed by atoms with Crippen LogP contribution in [0.4, 0.5) is 5.69 Å². The van der Waals surface area contributed by atoms with Gasteiger partial charge < -0.3 is 19.9 Å². The number of carboxylic acid groups (broad SMARTS) is 1. The molecule has 0 aliphatic heterocycles. The van der Waals surface area contributed by atoms with Crippen LogP contribution in [-0.4, -0.2) is 30.9 Å². The average Bonchev–Trinajstić information content (AvgIpc) is 2.85. The molecule has 0 saturated carbocycles. The predicted molar refractivity (Wildman–Crippen MR) is 130 cm³/mol. The van der Waals surface area contributed by atoms with Crippen LogP contribution in [0.25, 0.3) is 0 Å². The van der Waals surface area contributed by atoms with E-state index in [1.165, 1.54) is 12.7 Å². The number of carbonyl (C=O) groups is 1. The Hall–Kier alpha value is -3.75. The van der Waals surface area contributed by atoms with Gasteiger partial charge in [0.05, 0.1) is 6.61 Å². The van der Waals surface area contributed by atoms with Crippen LogP contribution in [0.15, 0.2) is 78.9 Å². The Bertz CT molecular complexity index is 1050. The van der Waals surface area contributed by atoms with Gasteiger partial charge in [0, 0.05) is 37.7 Å². The average molecular weight is 444 g/mol. The molecule has 0 aromatic heterocycles. The molecule has 0 aliphatic carbocycles. The number of aliphatic carboxylic acids is 1. The fourth-order valence-corrected chi connectivity index (χ4v) is 3.19. The van der Waals surface area contributed by atoms with E-state index in [0.717, 1.165) is 42.0 Å². The quantitative estimate of drug-likeness (QED) is 0.317. The van der Waals surface area contributed by atoms with Crippen molar-refractivity contribution in [1.29, 1.82) is 0 Å². The first-order valence-electron chi connectivity index (χ1n) is 11.0. The van der Waals surface area contributed by atoms with Crippen LogP contribution in [0.1, 0.15) is 29.5 Å². The highest BCUT2D eigenvalue weighted by Gasteiger charge is 2.16. The van der Waals surface area contributed by atoms with E-state index in [2.05, 4.69) is 41.4 Å². The SMILES string of the molecule is CO[C@@H](Cc1ccc(C#CCCCOc2ccc(CNc3ccccc3)cc2)cc1)C(=O)O. The lowest BCUT2D eigenvalue weighted by molar-refractivity contribution is -0.148. The smallest absolute Gasteiger partial charge is 0.333 e. The number of hydrogen-bond acceptors (Lipinski definition) is 4. The van der Waals surface area contributed by atoms with E-state index in [0.29, 0.717) is 13.0 Å². The van der Waals surface area contributed by atoms with E-state index in [1.807, 2.05) is 54.6 Å². The zero-order valence-corrected chi connectivity index (χ0v) is 18.8. The molecule has 0 heterocycles. The van der Waals surface area contributed by atoms with Gasteiger partial charge in [0.15, 0.2) is 6.10 Å². The normalized spacial score (nSPS) is 11.2. The molecule has 2 N–H and O–H groups in total. The number of ether oxygens (including phenoxy) is 2. The molecule has 33 heavy (non-hydrogen) atoms. The maximum atomic E-state index is 11.1. The molecule has 170 valence electrons. The largest absolute Gasteiger partial charge is 0.494 e. The number of rotatable bonds is 11. The van der Waals surface area contributed by atoms with Gasteiger partial charge in [-0.2, -0.15) is 0 Å². The van der Waals surface area contributed by atoms with E-state index >= 15 is 0 Å². The second-order valence-electron chi connectivity index (χ2n) is 7.58. The first kappa shape index (κ1) is 23.9. The maximum absolute atomic E-state index is 11.1. The number of nitrogens with one attached hydrogen (secondary N) is 1. The summed E-state index contributed by atoms with van der Waals surface area (Å²) in [5.41, 5.74) is 4.12. The molecule has 5 heteroatoms. The summed E-state index contributed by atoms with van der Waals surface area (Å²) >= 11 is 0. The van der Waals surface area contributed by atoms with Crippen molar-refractivity contribution in [2.45, 2.75) is 31.9 Å². The molecular formula is C28H29NO4. The molecule has 0 bridgehead atoms. The fraction of sp³-hybridized carbons (Fsp3) is 0.250. The van der Waals surface area contributed by atoms with Gasteiger partial charge in [-0.15, -0.1) is 0 Å². The number of para-hydroxylation sites is 1. The molecule has 5 nitrogen and oxygen atoms in total. The third kappa shape index (κ3) is 8.36. The zero-order chi connectivity index (χ0) is 23.3. The minimum Gasteiger partial charge on any atom is -0.494 e. The number of hydrogen-bond donors (Lipinski definition) is 2. The van der Waals surface area contributed by atoms with Crippen LogP contribution in [-0.2, 0) is 22.5 Å². The first-order chi connectivity index (χ1) is 16.1. The van der Waals surface area contributed by atoms with Gasteiger partial charge >= 0.3 is 5.97 Å². The van der Waals surface area contributed by atoms with Crippen LogP contribution in [0.5, 0.6) is 5.75 Å².